The van der Waals surface area contributed by atoms with Crippen LogP contribution in [-0.4, -0.2) is 50.7 Å². The molecule has 1 atom stereocenters. The number of carbonyl (C=O) groups is 2. The Balaban J connectivity index is 1.36. The van der Waals surface area contributed by atoms with Gasteiger partial charge in [-0.25, -0.2) is 18.0 Å². The molecule has 1 saturated heterocycles. The van der Waals surface area contributed by atoms with Gasteiger partial charge in [0.1, 0.15) is 11.9 Å². The Labute approximate surface area is 233 Å². The quantitative estimate of drug-likeness (QED) is 0.291. The zero-order chi connectivity index (χ0) is 28.2. The van der Waals surface area contributed by atoms with Gasteiger partial charge < -0.3 is 19.1 Å². The molecular formula is C29H30ClNO7S. The maximum absolute atomic E-state index is 13.1. The minimum Gasteiger partial charge on any atom is -0.476 e. The van der Waals surface area contributed by atoms with Crippen molar-refractivity contribution in [3.63, 3.8) is 0 Å². The fraction of sp³-hybridized carbons (Fsp3) is 0.310. The predicted molar refractivity (Wildman–Crippen MR) is 146 cm³/mol. The number of hydrogen-bond acceptors (Lipinski definition) is 7. The minimum atomic E-state index is -3.76. The summed E-state index contributed by atoms with van der Waals surface area (Å²) in [7, 11) is -3.76. The Kier molecular flexibility index (Phi) is 8.51. The van der Waals surface area contributed by atoms with Gasteiger partial charge in [0.25, 0.3) is 0 Å². The summed E-state index contributed by atoms with van der Waals surface area (Å²) in [6.07, 6.45) is -0.228. The number of ether oxygens (including phenoxy) is 3. The number of sulfone groups is 1. The molecule has 39 heavy (non-hydrogen) atoms. The first-order valence-corrected chi connectivity index (χ1v) is 14.4. The van der Waals surface area contributed by atoms with Crippen molar-refractivity contribution in [1.29, 1.82) is 0 Å². The fourth-order valence-corrected chi connectivity index (χ4v) is 5.59. The van der Waals surface area contributed by atoms with E-state index in [9.17, 15) is 18.0 Å². The van der Waals surface area contributed by atoms with Gasteiger partial charge in [-0.2, -0.15) is 0 Å². The van der Waals surface area contributed by atoms with E-state index in [4.69, 9.17) is 25.8 Å². The maximum atomic E-state index is 13.1. The Hall–Kier alpha value is -3.56. The lowest BCUT2D eigenvalue weighted by Gasteiger charge is -2.24. The molecule has 1 amide bonds. The summed E-state index contributed by atoms with van der Waals surface area (Å²) < 4.78 is 42.5. The predicted octanol–water partition coefficient (Wildman–Crippen LogP) is 5.63. The van der Waals surface area contributed by atoms with Crippen LogP contribution in [0.1, 0.15) is 38.0 Å². The molecule has 0 aromatic heterocycles. The van der Waals surface area contributed by atoms with Crippen LogP contribution in [0.25, 0.3) is 0 Å². The van der Waals surface area contributed by atoms with E-state index in [1.807, 2.05) is 12.1 Å². The van der Waals surface area contributed by atoms with Gasteiger partial charge in [0.05, 0.1) is 22.9 Å². The summed E-state index contributed by atoms with van der Waals surface area (Å²) in [5, 5.41) is 0.583. The Morgan fingerprint density at radius 2 is 1.69 bits per heavy atom. The van der Waals surface area contributed by atoms with Crippen molar-refractivity contribution in [2.24, 2.45) is 0 Å². The molecule has 0 saturated carbocycles. The molecule has 0 spiro atoms. The van der Waals surface area contributed by atoms with Crippen molar-refractivity contribution in [2.45, 2.75) is 48.7 Å². The van der Waals surface area contributed by atoms with Gasteiger partial charge in [0, 0.05) is 11.6 Å². The number of esters is 1. The third-order valence-corrected chi connectivity index (χ3v) is 8.31. The summed E-state index contributed by atoms with van der Waals surface area (Å²) in [6.45, 7) is 5.97. The Morgan fingerprint density at radius 3 is 2.31 bits per heavy atom. The summed E-state index contributed by atoms with van der Waals surface area (Å²) in [5.74, 6) is -0.162. The van der Waals surface area contributed by atoms with Crippen molar-refractivity contribution >= 4 is 33.5 Å². The van der Waals surface area contributed by atoms with Gasteiger partial charge >= 0.3 is 12.1 Å². The second-order valence-electron chi connectivity index (χ2n) is 9.58. The van der Waals surface area contributed by atoms with Gasteiger partial charge in [-0.15, -0.1) is 0 Å². The van der Waals surface area contributed by atoms with E-state index >= 15 is 0 Å². The highest BCUT2D eigenvalue weighted by molar-refractivity contribution is 7.91. The summed E-state index contributed by atoms with van der Waals surface area (Å²) >= 11 is 6.05. The SMILES string of the molecule is CCOC(=O)C(C)(C)Oc1ccc(S(=O)(=O)c2ccc(CCN3CC(c4cccc(Cl)c4)OC3=O)cc2)cc1. The third-order valence-electron chi connectivity index (χ3n) is 6.29. The molecule has 10 heteroatoms. The molecule has 1 aliphatic rings. The molecular weight excluding hydrogens is 542 g/mol. The zero-order valence-electron chi connectivity index (χ0n) is 21.9. The first-order valence-electron chi connectivity index (χ1n) is 12.5. The first-order chi connectivity index (χ1) is 18.5. The number of hydrogen-bond donors (Lipinski definition) is 0. The zero-order valence-corrected chi connectivity index (χ0v) is 23.5. The molecule has 0 radical (unpaired) electrons. The molecule has 4 rings (SSSR count). The number of rotatable bonds is 10. The molecule has 1 aliphatic heterocycles. The number of amides is 1. The van der Waals surface area contributed by atoms with Crippen LogP contribution in [0.15, 0.2) is 82.6 Å². The van der Waals surface area contributed by atoms with E-state index in [0.29, 0.717) is 30.3 Å². The van der Waals surface area contributed by atoms with E-state index in [0.717, 1.165) is 11.1 Å². The van der Waals surface area contributed by atoms with E-state index in [2.05, 4.69) is 0 Å². The number of halogens is 1. The first kappa shape index (κ1) is 28.4. The van der Waals surface area contributed by atoms with Crippen LogP contribution in [0.5, 0.6) is 5.75 Å². The second kappa shape index (κ2) is 11.7. The van der Waals surface area contributed by atoms with Gasteiger partial charge in [0.15, 0.2) is 5.60 Å². The van der Waals surface area contributed by atoms with E-state index in [1.165, 1.54) is 24.3 Å². The lowest BCUT2D eigenvalue weighted by atomic mass is 10.1. The molecule has 1 fully saturated rings. The molecule has 3 aromatic rings. The number of benzene rings is 3. The number of cyclic esters (lactones) is 1. The molecule has 0 bridgehead atoms. The van der Waals surface area contributed by atoms with Gasteiger partial charge in [-0.05, 0) is 86.8 Å². The summed E-state index contributed by atoms with van der Waals surface area (Å²) in [4.78, 5) is 26.3. The van der Waals surface area contributed by atoms with Crippen LogP contribution in [-0.2, 0) is 30.5 Å². The van der Waals surface area contributed by atoms with Crippen LogP contribution in [0.3, 0.4) is 0 Å². The highest BCUT2D eigenvalue weighted by Gasteiger charge is 2.33. The molecule has 3 aromatic carbocycles. The van der Waals surface area contributed by atoms with Crippen LogP contribution in [0.2, 0.25) is 5.02 Å². The average molecular weight is 572 g/mol. The van der Waals surface area contributed by atoms with E-state index < -0.39 is 27.5 Å². The van der Waals surface area contributed by atoms with Crippen LogP contribution in [0, 0.1) is 0 Å². The summed E-state index contributed by atoms with van der Waals surface area (Å²) in [5.41, 5.74) is 0.516. The van der Waals surface area contributed by atoms with Gasteiger partial charge in [-0.3, -0.25) is 0 Å². The van der Waals surface area contributed by atoms with Crippen LogP contribution >= 0.6 is 11.6 Å². The van der Waals surface area contributed by atoms with Crippen molar-refractivity contribution in [1.82, 2.24) is 4.90 Å². The maximum Gasteiger partial charge on any atom is 0.410 e. The second-order valence-corrected chi connectivity index (χ2v) is 12.0. The number of nitrogens with zero attached hydrogens (tertiary/aromatic N) is 1. The molecule has 0 N–H and O–H groups in total. The van der Waals surface area contributed by atoms with Crippen LogP contribution in [0.4, 0.5) is 4.79 Å². The van der Waals surface area contributed by atoms with Crippen molar-refractivity contribution in [2.75, 3.05) is 19.7 Å². The lowest BCUT2D eigenvalue weighted by molar-refractivity contribution is -0.158. The fourth-order valence-electron chi connectivity index (χ4n) is 4.13. The summed E-state index contributed by atoms with van der Waals surface area (Å²) in [6, 6.07) is 19.7. The Bertz CT molecular complexity index is 1440. The smallest absolute Gasteiger partial charge is 0.410 e. The highest BCUT2D eigenvalue weighted by atomic mass is 35.5. The van der Waals surface area contributed by atoms with Crippen molar-refractivity contribution in [3.05, 3.63) is 88.9 Å². The molecule has 0 aliphatic carbocycles. The average Bonchev–Trinajstić information content (AvgIpc) is 3.28. The highest BCUT2D eigenvalue weighted by Crippen LogP contribution is 2.29. The Morgan fingerprint density at radius 1 is 1.05 bits per heavy atom. The topological polar surface area (TPSA) is 99.2 Å². The van der Waals surface area contributed by atoms with Gasteiger partial charge in [-0.1, -0.05) is 35.9 Å². The number of carbonyl (C=O) groups excluding carboxylic acids is 2. The molecule has 8 nitrogen and oxygen atoms in total. The van der Waals surface area contributed by atoms with Crippen molar-refractivity contribution in [3.8, 4) is 5.75 Å². The monoisotopic (exact) mass is 571 g/mol. The largest absolute Gasteiger partial charge is 0.476 e. The lowest BCUT2D eigenvalue weighted by Crippen LogP contribution is -2.39. The standard InChI is InChI=1S/C29H30ClNO7S/c1-4-36-27(32)29(2,3)38-23-10-14-25(15-11-23)39(34,35)24-12-8-20(9-13-24)16-17-31-19-26(37-28(31)33)21-6-5-7-22(30)18-21/h5-15,18,26H,4,16-17,19H2,1-3H3. The minimum absolute atomic E-state index is 0.100. The normalized spacial score (nSPS) is 15.6. The third kappa shape index (κ3) is 6.72. The van der Waals surface area contributed by atoms with Gasteiger partial charge in [0.2, 0.25) is 9.84 Å². The molecule has 206 valence electrons. The molecule has 1 unspecified atom stereocenters. The molecule has 1 heterocycles. The van der Waals surface area contributed by atoms with Crippen LogP contribution < -0.4 is 4.74 Å². The van der Waals surface area contributed by atoms with E-state index in [-0.39, 0.29) is 22.5 Å². The van der Waals surface area contributed by atoms with E-state index in [1.54, 1.807) is 62.1 Å². The van der Waals surface area contributed by atoms with Crippen molar-refractivity contribution < 1.29 is 32.2 Å².